The number of pyridine rings is 1. The molecule has 0 atom stereocenters. The summed E-state index contributed by atoms with van der Waals surface area (Å²) in [6.07, 6.45) is 1.55. The molecular weight excluding hydrogens is 448 g/mol. The number of carbonyl (C=O) groups excluding carboxylic acids is 1. The van der Waals surface area contributed by atoms with E-state index in [9.17, 15) is 14.7 Å². The van der Waals surface area contributed by atoms with Crippen LogP contribution in [0.3, 0.4) is 0 Å². The van der Waals surface area contributed by atoms with Gasteiger partial charge in [-0.1, -0.05) is 36.4 Å². The van der Waals surface area contributed by atoms with Crippen molar-refractivity contribution >= 4 is 11.9 Å². The van der Waals surface area contributed by atoms with Crippen molar-refractivity contribution in [1.82, 2.24) is 10.3 Å². The number of amides is 1. The van der Waals surface area contributed by atoms with Gasteiger partial charge in [-0.3, -0.25) is 4.79 Å². The van der Waals surface area contributed by atoms with Crippen LogP contribution in [0.25, 0.3) is 11.1 Å². The zero-order valence-corrected chi connectivity index (χ0v) is 18.4. The average Bonchev–Trinajstić information content (AvgIpc) is 3.36. The summed E-state index contributed by atoms with van der Waals surface area (Å²) in [5.41, 5.74) is 3.11. The van der Waals surface area contributed by atoms with Crippen molar-refractivity contribution in [1.29, 1.82) is 0 Å². The first kappa shape index (κ1) is 22.0. The largest absolute Gasteiger partial charge is 0.478 e. The number of hydrogen-bond donors (Lipinski definition) is 2. The van der Waals surface area contributed by atoms with Gasteiger partial charge in [0.25, 0.3) is 5.91 Å². The van der Waals surface area contributed by atoms with Gasteiger partial charge in [-0.15, -0.1) is 0 Å². The first-order valence-electron chi connectivity index (χ1n) is 10.8. The quantitative estimate of drug-likeness (QED) is 0.397. The second kappa shape index (κ2) is 9.56. The smallest absolute Gasteiger partial charge is 0.335 e. The molecular formula is C27H20N2O6. The number of carboxylic acid groups (broad SMARTS) is 1. The number of nitrogens with zero attached hydrogens (tertiary/aromatic N) is 1. The Morgan fingerprint density at radius 2 is 1.74 bits per heavy atom. The number of nitrogens with one attached hydrogen (secondary N) is 1. The van der Waals surface area contributed by atoms with Gasteiger partial charge in [0.1, 0.15) is 11.3 Å². The number of carboxylic acids is 1. The summed E-state index contributed by atoms with van der Waals surface area (Å²) in [6, 6.07) is 22.8. The Balaban J connectivity index is 1.25. The summed E-state index contributed by atoms with van der Waals surface area (Å²) >= 11 is 0. The number of carbonyl (C=O) groups is 2. The second-order valence-electron chi connectivity index (χ2n) is 7.74. The van der Waals surface area contributed by atoms with Gasteiger partial charge in [0.05, 0.1) is 5.56 Å². The third-order valence-corrected chi connectivity index (χ3v) is 5.42. The maximum atomic E-state index is 12.9. The molecule has 2 N–H and O–H groups in total. The Kier molecular flexibility index (Phi) is 6.00. The third kappa shape index (κ3) is 4.91. The molecule has 1 aliphatic heterocycles. The second-order valence-corrected chi connectivity index (χ2v) is 7.74. The molecule has 0 unspecified atom stereocenters. The highest BCUT2D eigenvalue weighted by Gasteiger charge is 2.17. The molecule has 0 spiro atoms. The van der Waals surface area contributed by atoms with Crippen LogP contribution in [0, 0.1) is 0 Å². The van der Waals surface area contributed by atoms with Crippen LogP contribution in [0.2, 0.25) is 0 Å². The molecule has 0 fully saturated rings. The first-order chi connectivity index (χ1) is 17.1. The molecule has 1 aliphatic rings. The van der Waals surface area contributed by atoms with Gasteiger partial charge in [-0.05, 0) is 53.1 Å². The van der Waals surface area contributed by atoms with Gasteiger partial charge >= 0.3 is 5.97 Å². The lowest BCUT2D eigenvalue weighted by atomic mass is 10.0. The normalized spacial score (nSPS) is 11.7. The molecule has 0 aliphatic carbocycles. The van der Waals surface area contributed by atoms with Crippen molar-refractivity contribution in [2.45, 2.75) is 6.54 Å². The Bertz CT molecular complexity index is 1400. The van der Waals surface area contributed by atoms with Crippen molar-refractivity contribution in [3.05, 3.63) is 102 Å². The minimum Gasteiger partial charge on any atom is -0.478 e. The van der Waals surface area contributed by atoms with Crippen molar-refractivity contribution in [2.75, 3.05) is 6.79 Å². The first-order valence-corrected chi connectivity index (χ1v) is 10.8. The van der Waals surface area contributed by atoms with Crippen LogP contribution in [-0.4, -0.2) is 28.8 Å². The summed E-state index contributed by atoms with van der Waals surface area (Å²) in [5.74, 6) is 0.567. The SMILES string of the molecule is O=C(O)c1cccc(-c2ccc(CNC(=O)c3cccnc3Oc3ccc4c(c3)OCO4)cc2)c1. The minimum absolute atomic E-state index is 0.158. The van der Waals surface area contributed by atoms with Gasteiger partial charge in [-0.2, -0.15) is 0 Å². The summed E-state index contributed by atoms with van der Waals surface area (Å²) in [4.78, 5) is 28.3. The van der Waals surface area contributed by atoms with Gasteiger partial charge in [0, 0.05) is 18.8 Å². The zero-order valence-electron chi connectivity index (χ0n) is 18.4. The lowest BCUT2D eigenvalue weighted by molar-refractivity contribution is 0.0696. The van der Waals surface area contributed by atoms with Crippen LogP contribution < -0.4 is 19.5 Å². The molecule has 1 amide bonds. The van der Waals surface area contributed by atoms with E-state index in [0.717, 1.165) is 16.7 Å². The van der Waals surface area contributed by atoms with E-state index in [0.29, 0.717) is 29.4 Å². The predicted molar refractivity (Wildman–Crippen MR) is 127 cm³/mol. The van der Waals surface area contributed by atoms with Crippen molar-refractivity contribution < 1.29 is 28.9 Å². The van der Waals surface area contributed by atoms with E-state index in [-0.39, 0.29) is 24.1 Å². The van der Waals surface area contributed by atoms with Crippen LogP contribution in [0.1, 0.15) is 26.3 Å². The average molecular weight is 468 g/mol. The Labute approximate surface area is 200 Å². The molecule has 2 heterocycles. The number of fused-ring (bicyclic) bond motifs is 1. The molecule has 4 aromatic rings. The van der Waals surface area contributed by atoms with Gasteiger partial charge in [-0.25, -0.2) is 9.78 Å². The molecule has 1 aromatic heterocycles. The fraction of sp³-hybridized carbons (Fsp3) is 0.0741. The van der Waals surface area contributed by atoms with E-state index < -0.39 is 5.97 Å². The number of aromatic carboxylic acids is 1. The molecule has 8 nitrogen and oxygen atoms in total. The third-order valence-electron chi connectivity index (χ3n) is 5.42. The Morgan fingerprint density at radius 3 is 2.57 bits per heavy atom. The maximum absolute atomic E-state index is 12.9. The van der Waals surface area contributed by atoms with E-state index in [1.165, 1.54) is 0 Å². The lowest BCUT2D eigenvalue weighted by Gasteiger charge is -2.11. The molecule has 35 heavy (non-hydrogen) atoms. The fourth-order valence-electron chi connectivity index (χ4n) is 3.62. The van der Waals surface area contributed by atoms with Crippen LogP contribution in [0.5, 0.6) is 23.1 Å². The van der Waals surface area contributed by atoms with E-state index in [1.54, 1.807) is 54.7 Å². The number of benzene rings is 3. The van der Waals surface area contributed by atoms with Gasteiger partial charge in [0.15, 0.2) is 11.5 Å². The fourth-order valence-corrected chi connectivity index (χ4v) is 3.62. The van der Waals surface area contributed by atoms with E-state index in [1.807, 2.05) is 30.3 Å². The topological polar surface area (TPSA) is 107 Å². The monoisotopic (exact) mass is 468 g/mol. The van der Waals surface area contributed by atoms with Crippen LogP contribution in [0.15, 0.2) is 85.1 Å². The summed E-state index contributed by atoms with van der Waals surface area (Å²) in [7, 11) is 0. The summed E-state index contributed by atoms with van der Waals surface area (Å²) in [6.45, 7) is 0.457. The molecule has 0 saturated heterocycles. The maximum Gasteiger partial charge on any atom is 0.335 e. The molecule has 174 valence electrons. The zero-order chi connectivity index (χ0) is 24.2. The molecule has 8 heteroatoms. The number of rotatable bonds is 7. The Hall–Kier alpha value is -4.85. The van der Waals surface area contributed by atoms with Crippen molar-refractivity contribution in [2.24, 2.45) is 0 Å². The van der Waals surface area contributed by atoms with E-state index >= 15 is 0 Å². The Morgan fingerprint density at radius 1 is 0.914 bits per heavy atom. The molecule has 5 rings (SSSR count). The number of hydrogen-bond acceptors (Lipinski definition) is 6. The van der Waals surface area contributed by atoms with Crippen molar-refractivity contribution in [3.63, 3.8) is 0 Å². The van der Waals surface area contributed by atoms with Crippen LogP contribution in [0.4, 0.5) is 0 Å². The summed E-state index contributed by atoms with van der Waals surface area (Å²) in [5, 5.41) is 12.1. The predicted octanol–water partition coefficient (Wildman–Crippen LogP) is 4.90. The number of aromatic nitrogens is 1. The summed E-state index contributed by atoms with van der Waals surface area (Å²) < 4.78 is 16.5. The van der Waals surface area contributed by atoms with Crippen molar-refractivity contribution in [3.8, 4) is 34.3 Å². The van der Waals surface area contributed by atoms with Crippen LogP contribution >= 0.6 is 0 Å². The van der Waals surface area contributed by atoms with Gasteiger partial charge in [0.2, 0.25) is 12.7 Å². The van der Waals surface area contributed by atoms with Crippen LogP contribution in [-0.2, 0) is 6.54 Å². The molecule has 3 aromatic carbocycles. The standard InChI is InChI=1S/C27H20N2O6/c30-25(22-5-2-12-28-26(22)35-21-10-11-23-24(14-21)34-16-33-23)29-15-17-6-8-18(9-7-17)19-3-1-4-20(13-19)27(31)32/h1-14H,15-16H2,(H,29,30)(H,31,32). The van der Waals surface area contributed by atoms with Gasteiger partial charge < -0.3 is 24.6 Å². The lowest BCUT2D eigenvalue weighted by Crippen LogP contribution is -2.23. The highest BCUT2D eigenvalue weighted by molar-refractivity contribution is 5.96. The molecule has 0 bridgehead atoms. The van der Waals surface area contributed by atoms with E-state index in [2.05, 4.69) is 10.3 Å². The number of ether oxygens (including phenoxy) is 3. The molecule has 0 radical (unpaired) electrons. The molecule has 0 saturated carbocycles. The minimum atomic E-state index is -0.969. The van der Waals surface area contributed by atoms with E-state index in [4.69, 9.17) is 14.2 Å². The highest BCUT2D eigenvalue weighted by Crippen LogP contribution is 2.36. The highest BCUT2D eigenvalue weighted by atomic mass is 16.7.